The summed E-state index contributed by atoms with van der Waals surface area (Å²) in [5, 5.41) is 36.0. The molecule has 16 atom stereocenters. The molecule has 44 heteroatoms. The van der Waals surface area contributed by atoms with Crippen LogP contribution < -0.4 is 33.6 Å². The zero-order valence-electron chi connectivity index (χ0n) is 43.2. The number of carbonyl (C=O) groups excluding carboxylic acids is 1. The van der Waals surface area contributed by atoms with Gasteiger partial charge in [0, 0.05) is 26.0 Å². The van der Waals surface area contributed by atoms with Crippen LogP contribution in [0.25, 0.3) is 33.5 Å². The molecule has 40 nitrogen and oxygen atoms in total. The van der Waals surface area contributed by atoms with Crippen LogP contribution in [0.5, 0.6) is 0 Å². The van der Waals surface area contributed by atoms with Crippen LogP contribution in [0.3, 0.4) is 0 Å². The van der Waals surface area contributed by atoms with Crippen molar-refractivity contribution in [3.05, 3.63) is 46.0 Å². The van der Waals surface area contributed by atoms with E-state index in [0.717, 1.165) is 60.8 Å². The SMILES string of the molecule is CCCCCCNC(=O)C[C@H]1[C@@H](O)[C@H](n2cnc3c(=O)[nH]c(N)nc32)O[C@@H]1COP(=O)(O)OP(=O)(O)OP(=O)(O)OCC1O[C@@H](n2cnc3c(N)ncnc32)[C@H](OC)[C@@H]1OP(=O)(O)OC[C@H]1O[C@@H](n2cnc3c(=O)[nH]c(N)nc32)[C@H](O)[C@@H]1O. The first-order chi connectivity index (χ1) is 39.2. The smallest absolute Gasteiger partial charge is 0.388 e. The van der Waals surface area contributed by atoms with Crippen LogP contribution in [0, 0.1) is 5.92 Å². The number of carbonyl (C=O) groups is 1. The van der Waals surface area contributed by atoms with Gasteiger partial charge in [-0.1, -0.05) is 26.2 Å². The maximum Gasteiger partial charge on any atom is 0.490 e. The van der Waals surface area contributed by atoms with Gasteiger partial charge in [0.25, 0.3) is 11.1 Å². The monoisotopic (exact) mass is 1260 g/mol. The summed E-state index contributed by atoms with van der Waals surface area (Å²) in [5.41, 5.74) is 15.2. The van der Waals surface area contributed by atoms with E-state index in [0.29, 0.717) is 6.42 Å². The van der Waals surface area contributed by atoms with E-state index in [1.165, 1.54) is 4.57 Å². The lowest BCUT2D eigenvalue weighted by Gasteiger charge is -2.26. The first-order valence-electron chi connectivity index (χ1n) is 24.7. The van der Waals surface area contributed by atoms with Crippen LogP contribution >= 0.6 is 31.3 Å². The molecule has 16 N–H and O–H groups in total. The fourth-order valence-corrected chi connectivity index (χ4v) is 13.8. The Morgan fingerprint density at radius 2 is 1.16 bits per heavy atom. The van der Waals surface area contributed by atoms with E-state index in [4.69, 9.17) is 54.2 Å². The number of phosphoric ester groups is 3. The number of H-pyrrole nitrogens is 2. The van der Waals surface area contributed by atoms with Gasteiger partial charge in [0.05, 0.1) is 44.9 Å². The van der Waals surface area contributed by atoms with Gasteiger partial charge in [0.2, 0.25) is 17.8 Å². The summed E-state index contributed by atoms with van der Waals surface area (Å²) in [6.45, 7) is -1.06. The molecule has 0 bridgehead atoms. The molecule has 0 saturated carbocycles. The molecule has 6 aromatic rings. The number of nitrogens with one attached hydrogen (secondary N) is 3. The summed E-state index contributed by atoms with van der Waals surface area (Å²) in [6.07, 6.45) is -11.0. The normalized spacial score (nSPS) is 28.6. The molecule has 0 aliphatic carbocycles. The molecule has 83 heavy (non-hydrogen) atoms. The van der Waals surface area contributed by atoms with Crippen molar-refractivity contribution in [1.82, 2.24) is 63.9 Å². The number of nitrogens with two attached hydrogens (primary N) is 3. The number of aliphatic hydroxyl groups excluding tert-OH is 3. The third-order valence-corrected chi connectivity index (χ3v) is 18.4. The standard InChI is InChI=1S/C39H56N16O24P4/c1-3-4-5-6-7-43-20(56)8-16-17(74-35(24(16)57)54-14-47-22-31(54)49-38(41)51-33(22)60)9-72-81(64,65)78-83(68,69)79-82(66,67)73-11-19-27(28(70-2)37(76-19)53-13-46-21-29(40)44-12-45-30(21)53)77-80(62,63)71-10-18-25(58)26(59)36(75-18)55-15-48-23-32(55)50-39(42)52-34(23)61/h12-19,24-28,35-37,57-59H,3-11H2,1-2H3,(H,43,56)(H,62,63)(H,64,65)(H,66,67)(H,68,69)(H2,40,44,45)(H3,41,49,51,60)(H3,42,50,52,61)/t16-,17-,18-,19?,24-,25-,26-,27-,28-,35-,36-,37-/m1/s1. The number of fused-ring (bicyclic) bond motifs is 3. The van der Waals surface area contributed by atoms with Crippen LogP contribution in [-0.4, -0.2) is 182 Å². The number of methoxy groups -OCH3 is 1. The van der Waals surface area contributed by atoms with Crippen LogP contribution in [0.1, 0.15) is 57.7 Å². The van der Waals surface area contributed by atoms with Crippen LogP contribution in [0.4, 0.5) is 17.7 Å². The van der Waals surface area contributed by atoms with E-state index in [1.54, 1.807) is 0 Å². The average molecular weight is 1260 g/mol. The van der Waals surface area contributed by atoms with Crippen LogP contribution in [0.2, 0.25) is 0 Å². The topological polar surface area (TPSA) is 580 Å². The summed E-state index contributed by atoms with van der Waals surface area (Å²) in [7, 11) is -22.5. The lowest BCUT2D eigenvalue weighted by atomic mass is 9.94. The predicted molar refractivity (Wildman–Crippen MR) is 275 cm³/mol. The van der Waals surface area contributed by atoms with Crippen molar-refractivity contribution < 1.29 is 104 Å². The number of ether oxygens (including phenoxy) is 4. The third kappa shape index (κ3) is 13.7. The Bertz CT molecular complexity index is 3660. The Morgan fingerprint density at radius 3 is 1.75 bits per heavy atom. The lowest BCUT2D eigenvalue weighted by molar-refractivity contribution is -0.123. The van der Waals surface area contributed by atoms with E-state index >= 15 is 0 Å². The van der Waals surface area contributed by atoms with Gasteiger partial charge in [-0.15, -0.1) is 0 Å². The van der Waals surface area contributed by atoms with Gasteiger partial charge >= 0.3 is 31.3 Å². The molecule has 3 saturated heterocycles. The van der Waals surface area contributed by atoms with E-state index < -0.39 is 148 Å². The molecular formula is C39H56N16O24P4. The number of nitrogen functional groups attached to an aromatic ring is 3. The fraction of sp³-hybridized carbons (Fsp3) is 0.590. The minimum atomic E-state index is -6.25. The second-order valence-corrected chi connectivity index (χ2v) is 24.8. The van der Waals surface area contributed by atoms with Crippen molar-refractivity contribution >= 4 is 88.4 Å². The van der Waals surface area contributed by atoms with Crippen LogP contribution in [-0.2, 0) is 68.7 Å². The number of phosphoric acid groups is 4. The molecular weight excluding hydrogens is 1200 g/mol. The number of aromatic nitrogens is 12. The van der Waals surface area contributed by atoms with E-state index in [1.807, 2.05) is 6.92 Å². The van der Waals surface area contributed by atoms with Crippen molar-refractivity contribution in [3.8, 4) is 0 Å². The van der Waals surface area contributed by atoms with Crippen molar-refractivity contribution in [2.24, 2.45) is 5.92 Å². The average Bonchev–Trinajstić information content (AvgIpc) is 2.59. The number of unbranched alkanes of at least 4 members (excludes halogenated alkanes) is 3. The van der Waals surface area contributed by atoms with Crippen molar-refractivity contribution in [3.63, 3.8) is 0 Å². The van der Waals surface area contributed by atoms with E-state index in [9.17, 15) is 67.5 Å². The molecule has 6 aromatic heterocycles. The molecule has 1 amide bonds. The lowest BCUT2D eigenvalue weighted by Crippen LogP contribution is -2.38. The summed E-state index contributed by atoms with van der Waals surface area (Å²) in [5.74, 6) is -2.58. The molecule has 3 aliphatic heterocycles. The quantitative estimate of drug-likeness (QED) is 0.0210. The highest BCUT2D eigenvalue weighted by Crippen LogP contribution is 2.68. The zero-order valence-corrected chi connectivity index (χ0v) is 46.7. The van der Waals surface area contributed by atoms with Gasteiger partial charge in [-0.2, -0.15) is 18.6 Å². The number of imidazole rings is 3. The minimum absolute atomic E-state index is 0.00401. The fourth-order valence-electron chi connectivity index (χ4n) is 9.37. The summed E-state index contributed by atoms with van der Waals surface area (Å²) < 4.78 is 109. The van der Waals surface area contributed by atoms with Gasteiger partial charge < -0.3 is 76.4 Å². The van der Waals surface area contributed by atoms with Crippen LogP contribution in [0.15, 0.2) is 34.9 Å². The molecule has 5 unspecified atom stereocenters. The highest BCUT2D eigenvalue weighted by Gasteiger charge is 2.54. The molecule has 0 aromatic carbocycles. The summed E-state index contributed by atoms with van der Waals surface area (Å²) >= 11 is 0. The Morgan fingerprint density at radius 1 is 0.639 bits per heavy atom. The molecule has 0 spiro atoms. The Hall–Kier alpha value is -5.64. The second-order valence-electron chi connectivity index (χ2n) is 18.8. The third-order valence-electron chi connectivity index (χ3n) is 13.2. The number of nitrogens with zero attached hydrogens (tertiary/aromatic N) is 10. The first-order valence-corrected chi connectivity index (χ1v) is 30.7. The van der Waals surface area contributed by atoms with Gasteiger partial charge in [0.15, 0.2) is 52.5 Å². The number of hydrogen-bond acceptors (Lipinski definition) is 30. The maximum atomic E-state index is 13.8. The van der Waals surface area contributed by atoms with Crippen molar-refractivity contribution in [1.29, 1.82) is 0 Å². The number of amides is 1. The summed E-state index contributed by atoms with van der Waals surface area (Å²) in [6, 6.07) is 0. The minimum Gasteiger partial charge on any atom is -0.388 e. The predicted octanol–water partition coefficient (Wildman–Crippen LogP) is -1.80. The molecule has 3 aliphatic rings. The highest BCUT2D eigenvalue weighted by atomic mass is 31.3. The number of hydrogen-bond donors (Lipinski definition) is 13. The van der Waals surface area contributed by atoms with E-state index in [-0.39, 0.29) is 57.8 Å². The van der Waals surface area contributed by atoms with Gasteiger partial charge in [0.1, 0.15) is 54.6 Å². The number of aliphatic hydroxyl groups is 3. The molecule has 9 rings (SSSR count). The Balaban J connectivity index is 0.869. The molecule has 456 valence electrons. The van der Waals surface area contributed by atoms with Gasteiger partial charge in [-0.05, 0) is 6.42 Å². The highest BCUT2D eigenvalue weighted by molar-refractivity contribution is 7.66. The van der Waals surface area contributed by atoms with Crippen molar-refractivity contribution in [2.75, 3.05) is 50.7 Å². The van der Waals surface area contributed by atoms with Gasteiger partial charge in [-0.3, -0.25) is 56.1 Å². The van der Waals surface area contributed by atoms with Crippen molar-refractivity contribution in [2.45, 2.75) is 107 Å². The summed E-state index contributed by atoms with van der Waals surface area (Å²) in [4.78, 5) is 114. The molecule has 9 heterocycles. The largest absolute Gasteiger partial charge is 0.490 e. The molecule has 0 radical (unpaired) electrons. The maximum absolute atomic E-state index is 13.8. The van der Waals surface area contributed by atoms with Gasteiger partial charge in [-0.25, -0.2) is 43.2 Å². The Labute approximate surface area is 464 Å². The number of rotatable bonds is 26. The first kappa shape index (κ1) is 61.9. The molecule has 3 fully saturated rings. The number of aromatic amines is 2. The zero-order chi connectivity index (χ0) is 59.9. The second kappa shape index (κ2) is 24.8. The number of anilines is 3. The Kier molecular flexibility index (Phi) is 18.5. The van der Waals surface area contributed by atoms with E-state index in [2.05, 4.69) is 58.8 Å².